The second kappa shape index (κ2) is 11.8. The molecule has 3 heteroatoms. The Morgan fingerprint density at radius 3 is 1.83 bits per heavy atom. The quantitative estimate of drug-likeness (QED) is 0.182. The first-order valence-electron chi connectivity index (χ1n) is 18.6. The van der Waals surface area contributed by atoms with Crippen LogP contribution in [-0.2, 0) is 5.41 Å². The van der Waals surface area contributed by atoms with Crippen LogP contribution < -0.4 is 0 Å². The van der Waals surface area contributed by atoms with Gasteiger partial charge in [-0.3, -0.25) is 0 Å². The van der Waals surface area contributed by atoms with E-state index in [-0.39, 0.29) is 5.41 Å². The molecule has 0 aliphatic heterocycles. The average Bonchev–Trinajstić information content (AvgIpc) is 3.70. The third-order valence-corrected chi connectivity index (χ3v) is 12.6. The maximum atomic E-state index is 5.25. The largest absolute Gasteiger partial charge is 0.228 e. The van der Waals surface area contributed by atoms with E-state index in [2.05, 4.69) is 178 Å². The van der Waals surface area contributed by atoms with E-state index in [1.807, 2.05) is 17.4 Å². The third kappa shape index (κ3) is 4.79. The van der Waals surface area contributed by atoms with Crippen LogP contribution in [0.25, 0.3) is 97.9 Å². The zero-order valence-corrected chi connectivity index (χ0v) is 30.8. The van der Waals surface area contributed by atoms with Crippen LogP contribution in [0.5, 0.6) is 0 Å². The summed E-state index contributed by atoms with van der Waals surface area (Å²) in [5.74, 6) is 0.723. The van der Waals surface area contributed by atoms with Gasteiger partial charge in [0, 0.05) is 42.3 Å². The molecule has 0 fully saturated rings. The molecule has 0 bridgehead atoms. The molecule has 0 saturated heterocycles. The zero-order valence-electron chi connectivity index (χ0n) is 30.0. The summed E-state index contributed by atoms with van der Waals surface area (Å²) in [5.41, 5.74) is 12.8. The van der Waals surface area contributed by atoms with Gasteiger partial charge >= 0.3 is 0 Å². The lowest BCUT2D eigenvalue weighted by atomic mass is 9.81. The van der Waals surface area contributed by atoms with Gasteiger partial charge < -0.3 is 0 Å². The summed E-state index contributed by atoms with van der Waals surface area (Å²) in [6, 6.07) is 61.8. The van der Waals surface area contributed by atoms with E-state index in [1.54, 1.807) is 0 Å². The van der Waals surface area contributed by atoms with E-state index >= 15 is 0 Å². The van der Waals surface area contributed by atoms with E-state index in [1.165, 1.54) is 75.1 Å². The van der Waals surface area contributed by atoms with Gasteiger partial charge in [-0.25, -0.2) is 9.97 Å². The number of thiophene rings is 1. The number of benzene rings is 8. The van der Waals surface area contributed by atoms with Crippen LogP contribution in [0.1, 0.15) is 25.0 Å². The van der Waals surface area contributed by atoms with Crippen molar-refractivity contribution >= 4 is 53.1 Å². The average molecular weight is 707 g/mol. The van der Waals surface area contributed by atoms with Crippen LogP contribution in [0.3, 0.4) is 0 Å². The zero-order chi connectivity index (χ0) is 36.0. The van der Waals surface area contributed by atoms with Gasteiger partial charge in [-0.05, 0) is 91.3 Å². The smallest absolute Gasteiger partial charge is 0.160 e. The fourth-order valence-electron chi connectivity index (χ4n) is 8.70. The number of rotatable bonds is 4. The Hall–Kier alpha value is -6.42. The summed E-state index contributed by atoms with van der Waals surface area (Å²) in [6.07, 6.45) is 0. The lowest BCUT2D eigenvalue weighted by Crippen LogP contribution is -2.15. The van der Waals surface area contributed by atoms with Crippen molar-refractivity contribution in [3.63, 3.8) is 0 Å². The Kier molecular flexibility index (Phi) is 6.80. The van der Waals surface area contributed by atoms with Gasteiger partial charge in [0.15, 0.2) is 5.82 Å². The van der Waals surface area contributed by atoms with Crippen LogP contribution in [0.15, 0.2) is 170 Å². The predicted octanol–water partition coefficient (Wildman–Crippen LogP) is 14.1. The van der Waals surface area contributed by atoms with Crippen LogP contribution in [0, 0.1) is 0 Å². The lowest BCUT2D eigenvalue weighted by Gasteiger charge is -2.22. The molecule has 10 aromatic rings. The Balaban J connectivity index is 1.06. The summed E-state index contributed by atoms with van der Waals surface area (Å²) < 4.78 is 2.56. The SMILES string of the molecule is CC1(C)c2cc(-c3ccc(-c4cc(-c5ccc6c(c5)sc5ccccc56)nc(-c5ccccc5)n4)c4ccccc34)ccc2-c2cc3ccccc3cc21. The Morgan fingerprint density at radius 2 is 1.00 bits per heavy atom. The number of hydrogen-bond acceptors (Lipinski definition) is 3. The number of fused-ring (bicyclic) bond motifs is 8. The first-order valence-corrected chi connectivity index (χ1v) is 19.4. The first kappa shape index (κ1) is 31.1. The van der Waals surface area contributed by atoms with Crippen molar-refractivity contribution in [3.8, 4) is 56.2 Å². The number of nitrogens with zero attached hydrogens (tertiary/aromatic N) is 2. The Bertz CT molecular complexity index is 3130. The highest BCUT2D eigenvalue weighted by Gasteiger charge is 2.36. The number of aromatic nitrogens is 2. The Morgan fingerprint density at radius 1 is 0.389 bits per heavy atom. The molecule has 8 aromatic carbocycles. The molecule has 0 spiro atoms. The van der Waals surface area contributed by atoms with Gasteiger partial charge in [-0.15, -0.1) is 11.3 Å². The maximum Gasteiger partial charge on any atom is 0.160 e. The van der Waals surface area contributed by atoms with Crippen LogP contribution in [-0.4, -0.2) is 9.97 Å². The molecule has 0 N–H and O–H groups in total. The van der Waals surface area contributed by atoms with Crippen molar-refractivity contribution < 1.29 is 0 Å². The molecule has 2 heterocycles. The third-order valence-electron chi connectivity index (χ3n) is 11.5. The summed E-state index contributed by atoms with van der Waals surface area (Å²) in [4.78, 5) is 10.4. The summed E-state index contributed by atoms with van der Waals surface area (Å²) in [5, 5.41) is 7.55. The van der Waals surface area contributed by atoms with Crippen LogP contribution in [0.4, 0.5) is 0 Å². The molecule has 2 nitrogen and oxygen atoms in total. The van der Waals surface area contributed by atoms with Crippen LogP contribution in [0.2, 0.25) is 0 Å². The molecule has 0 amide bonds. The molecule has 1 aliphatic carbocycles. The van der Waals surface area contributed by atoms with E-state index < -0.39 is 0 Å². The second-order valence-electron chi connectivity index (χ2n) is 15.0. The van der Waals surface area contributed by atoms with Gasteiger partial charge in [0.05, 0.1) is 11.4 Å². The lowest BCUT2D eigenvalue weighted by molar-refractivity contribution is 0.661. The monoisotopic (exact) mass is 706 g/mol. The highest BCUT2D eigenvalue weighted by atomic mass is 32.1. The van der Waals surface area contributed by atoms with Crippen molar-refractivity contribution in [2.45, 2.75) is 19.3 Å². The number of hydrogen-bond donors (Lipinski definition) is 0. The van der Waals surface area contributed by atoms with Crippen molar-refractivity contribution in [3.05, 3.63) is 181 Å². The molecule has 0 unspecified atom stereocenters. The highest BCUT2D eigenvalue weighted by molar-refractivity contribution is 7.25. The van der Waals surface area contributed by atoms with Crippen molar-refractivity contribution in [2.24, 2.45) is 0 Å². The predicted molar refractivity (Wildman–Crippen MR) is 229 cm³/mol. The fourth-order valence-corrected chi connectivity index (χ4v) is 9.84. The van der Waals surface area contributed by atoms with Gasteiger partial charge in [-0.2, -0.15) is 0 Å². The van der Waals surface area contributed by atoms with E-state index in [0.717, 1.165) is 33.9 Å². The summed E-state index contributed by atoms with van der Waals surface area (Å²) in [7, 11) is 0. The highest BCUT2D eigenvalue weighted by Crippen LogP contribution is 2.51. The minimum absolute atomic E-state index is 0.107. The minimum Gasteiger partial charge on any atom is -0.228 e. The molecule has 2 aromatic heterocycles. The summed E-state index contributed by atoms with van der Waals surface area (Å²) >= 11 is 1.83. The summed E-state index contributed by atoms with van der Waals surface area (Å²) in [6.45, 7) is 4.74. The van der Waals surface area contributed by atoms with E-state index in [4.69, 9.17) is 9.97 Å². The molecule has 0 radical (unpaired) electrons. The first-order chi connectivity index (χ1) is 26.5. The molecule has 1 aliphatic rings. The standard InChI is InChI=1S/C51H34N2S/c1-51(2)44-28-34(20-22-39(44)43-26-32-14-6-7-15-33(32)27-45(43)51)36-24-25-40(38-17-9-8-16-37(36)38)47-30-46(52-50(53-47)31-12-4-3-5-13-31)35-21-23-42-41-18-10-11-19-48(41)54-49(42)29-35/h3-30H,1-2H3. The molecular weight excluding hydrogens is 673 g/mol. The van der Waals surface area contributed by atoms with Gasteiger partial charge in [0.2, 0.25) is 0 Å². The topological polar surface area (TPSA) is 25.8 Å². The minimum atomic E-state index is -0.107. The van der Waals surface area contributed by atoms with Crippen molar-refractivity contribution in [1.82, 2.24) is 9.97 Å². The maximum absolute atomic E-state index is 5.25. The van der Waals surface area contributed by atoms with E-state index in [9.17, 15) is 0 Å². The van der Waals surface area contributed by atoms with Crippen molar-refractivity contribution in [2.75, 3.05) is 0 Å². The van der Waals surface area contributed by atoms with Gasteiger partial charge in [0.25, 0.3) is 0 Å². The van der Waals surface area contributed by atoms with Gasteiger partial charge in [0.1, 0.15) is 0 Å². The van der Waals surface area contributed by atoms with Crippen molar-refractivity contribution in [1.29, 1.82) is 0 Å². The molecule has 254 valence electrons. The van der Waals surface area contributed by atoms with E-state index in [0.29, 0.717) is 0 Å². The molecule has 11 rings (SSSR count). The van der Waals surface area contributed by atoms with Gasteiger partial charge in [-0.1, -0.05) is 147 Å². The molecule has 0 saturated carbocycles. The fraction of sp³-hybridized carbons (Fsp3) is 0.0588. The Labute approximate surface area is 318 Å². The molecular formula is C51H34N2S. The second-order valence-corrected chi connectivity index (χ2v) is 16.1. The molecule has 54 heavy (non-hydrogen) atoms. The normalized spacial score (nSPS) is 13.1. The van der Waals surface area contributed by atoms with Crippen LogP contribution >= 0.6 is 11.3 Å². The molecule has 0 atom stereocenters.